The summed E-state index contributed by atoms with van der Waals surface area (Å²) < 4.78 is 0. The van der Waals surface area contributed by atoms with Crippen molar-refractivity contribution in [1.82, 2.24) is 5.48 Å². The van der Waals surface area contributed by atoms with Crippen LogP contribution >= 0.6 is 0 Å². The fourth-order valence-electron chi connectivity index (χ4n) is 3.35. The Morgan fingerprint density at radius 1 is 1.43 bits per heavy atom. The van der Waals surface area contributed by atoms with Crippen molar-refractivity contribution in [2.24, 2.45) is 11.8 Å². The van der Waals surface area contributed by atoms with E-state index in [1.807, 2.05) is 0 Å². The van der Waals surface area contributed by atoms with E-state index in [0.717, 1.165) is 11.8 Å². The van der Waals surface area contributed by atoms with Gasteiger partial charge in [-0.1, -0.05) is 26.7 Å². The van der Waals surface area contributed by atoms with Crippen LogP contribution in [0.4, 0.5) is 0 Å². The van der Waals surface area contributed by atoms with Crippen LogP contribution in [-0.4, -0.2) is 11.6 Å². The molecule has 2 aliphatic rings. The summed E-state index contributed by atoms with van der Waals surface area (Å²) >= 11 is 0. The monoisotopic (exact) mass is 197 g/mol. The standard InChI is InChI=1S/C12H23NO/c1-4-5-11-6-7-12(10(11)3)8-9(2)13-14-12/h9-11,13H,4-8H2,1-3H3. The number of rotatable bonds is 2. The Bertz CT molecular complexity index is 206. The van der Waals surface area contributed by atoms with E-state index in [9.17, 15) is 0 Å². The van der Waals surface area contributed by atoms with Gasteiger partial charge in [-0.25, -0.2) is 0 Å². The highest BCUT2D eigenvalue weighted by Crippen LogP contribution is 2.48. The average molecular weight is 197 g/mol. The van der Waals surface area contributed by atoms with Crippen molar-refractivity contribution in [3.63, 3.8) is 0 Å². The molecule has 0 amide bonds. The van der Waals surface area contributed by atoms with Crippen LogP contribution in [0.25, 0.3) is 0 Å². The first-order valence-corrected chi connectivity index (χ1v) is 6.11. The first-order chi connectivity index (χ1) is 6.68. The minimum absolute atomic E-state index is 0.180. The van der Waals surface area contributed by atoms with Crippen molar-refractivity contribution in [3.05, 3.63) is 0 Å². The maximum Gasteiger partial charge on any atom is 0.0940 e. The summed E-state index contributed by atoms with van der Waals surface area (Å²) in [7, 11) is 0. The molecule has 1 spiro atoms. The van der Waals surface area contributed by atoms with E-state index in [4.69, 9.17) is 4.84 Å². The summed E-state index contributed by atoms with van der Waals surface area (Å²) in [5, 5.41) is 0. The van der Waals surface area contributed by atoms with Crippen LogP contribution in [0, 0.1) is 11.8 Å². The summed E-state index contributed by atoms with van der Waals surface area (Å²) in [5.74, 6) is 1.63. The topological polar surface area (TPSA) is 21.3 Å². The first kappa shape index (κ1) is 10.4. The van der Waals surface area contributed by atoms with Crippen molar-refractivity contribution in [2.75, 3.05) is 0 Å². The highest BCUT2D eigenvalue weighted by molar-refractivity contribution is 4.99. The molecule has 1 saturated carbocycles. The lowest BCUT2D eigenvalue weighted by Gasteiger charge is -2.29. The normalized spacial score (nSPS) is 47.8. The van der Waals surface area contributed by atoms with Gasteiger partial charge in [0.2, 0.25) is 0 Å². The van der Waals surface area contributed by atoms with Gasteiger partial charge in [0.15, 0.2) is 0 Å². The van der Waals surface area contributed by atoms with Crippen molar-refractivity contribution >= 4 is 0 Å². The zero-order chi connectivity index (χ0) is 10.2. The third-order valence-corrected chi connectivity index (χ3v) is 4.25. The van der Waals surface area contributed by atoms with E-state index in [2.05, 4.69) is 26.3 Å². The van der Waals surface area contributed by atoms with E-state index in [1.165, 1.54) is 32.1 Å². The third kappa shape index (κ3) is 1.59. The minimum atomic E-state index is 0.180. The van der Waals surface area contributed by atoms with Crippen molar-refractivity contribution in [3.8, 4) is 0 Å². The van der Waals surface area contributed by atoms with E-state index >= 15 is 0 Å². The second-order valence-electron chi connectivity index (χ2n) is 5.27. The lowest BCUT2D eigenvalue weighted by molar-refractivity contribution is -0.0802. The fourth-order valence-corrected chi connectivity index (χ4v) is 3.35. The van der Waals surface area contributed by atoms with Gasteiger partial charge in [-0.05, 0) is 38.0 Å². The Balaban J connectivity index is 2.02. The van der Waals surface area contributed by atoms with Gasteiger partial charge in [0.05, 0.1) is 5.60 Å². The van der Waals surface area contributed by atoms with Crippen LogP contribution in [-0.2, 0) is 4.84 Å². The molecular weight excluding hydrogens is 174 g/mol. The second-order valence-corrected chi connectivity index (χ2v) is 5.27. The van der Waals surface area contributed by atoms with Gasteiger partial charge in [-0.3, -0.25) is 4.84 Å². The molecule has 4 unspecified atom stereocenters. The largest absolute Gasteiger partial charge is 0.295 e. The smallest absolute Gasteiger partial charge is 0.0940 e. The molecule has 2 rings (SSSR count). The summed E-state index contributed by atoms with van der Waals surface area (Å²) in [4.78, 5) is 5.85. The lowest BCUT2D eigenvalue weighted by Crippen LogP contribution is -2.34. The lowest BCUT2D eigenvalue weighted by atomic mass is 9.82. The Morgan fingerprint density at radius 2 is 2.21 bits per heavy atom. The van der Waals surface area contributed by atoms with Crippen LogP contribution in [0.5, 0.6) is 0 Å². The predicted molar refractivity (Wildman–Crippen MR) is 57.8 cm³/mol. The van der Waals surface area contributed by atoms with Crippen LogP contribution < -0.4 is 5.48 Å². The molecule has 2 heteroatoms. The molecule has 0 aromatic heterocycles. The zero-order valence-electron chi connectivity index (χ0n) is 9.68. The molecule has 0 radical (unpaired) electrons. The number of hydroxylamine groups is 1. The molecule has 82 valence electrons. The van der Waals surface area contributed by atoms with Crippen molar-refractivity contribution in [2.45, 2.75) is 64.5 Å². The number of hydrogen-bond acceptors (Lipinski definition) is 2. The minimum Gasteiger partial charge on any atom is -0.295 e. The molecule has 1 N–H and O–H groups in total. The molecule has 1 aliphatic carbocycles. The average Bonchev–Trinajstić information content (AvgIpc) is 2.66. The summed E-state index contributed by atoms with van der Waals surface area (Å²) in [6.45, 7) is 6.88. The maximum absolute atomic E-state index is 5.85. The quantitative estimate of drug-likeness (QED) is 0.735. The maximum atomic E-state index is 5.85. The first-order valence-electron chi connectivity index (χ1n) is 6.11. The highest BCUT2D eigenvalue weighted by atomic mass is 16.7. The van der Waals surface area contributed by atoms with Gasteiger partial charge in [-0.2, -0.15) is 5.48 Å². The van der Waals surface area contributed by atoms with Crippen molar-refractivity contribution in [1.29, 1.82) is 0 Å². The van der Waals surface area contributed by atoms with Crippen molar-refractivity contribution < 1.29 is 4.84 Å². The van der Waals surface area contributed by atoms with Crippen LogP contribution in [0.15, 0.2) is 0 Å². The van der Waals surface area contributed by atoms with Gasteiger partial charge in [0.25, 0.3) is 0 Å². The molecule has 1 heterocycles. The highest BCUT2D eigenvalue weighted by Gasteiger charge is 2.50. The number of hydrogen-bond donors (Lipinski definition) is 1. The van der Waals surface area contributed by atoms with Gasteiger partial charge >= 0.3 is 0 Å². The van der Waals surface area contributed by atoms with Gasteiger partial charge in [-0.15, -0.1) is 0 Å². The van der Waals surface area contributed by atoms with Crippen LogP contribution in [0.3, 0.4) is 0 Å². The predicted octanol–water partition coefficient (Wildman–Crippen LogP) is 2.88. The van der Waals surface area contributed by atoms with Gasteiger partial charge in [0.1, 0.15) is 0 Å². The van der Waals surface area contributed by atoms with Crippen LogP contribution in [0.1, 0.15) is 52.9 Å². The Morgan fingerprint density at radius 3 is 2.79 bits per heavy atom. The zero-order valence-corrected chi connectivity index (χ0v) is 9.68. The Kier molecular flexibility index (Phi) is 2.85. The molecule has 14 heavy (non-hydrogen) atoms. The molecule has 4 atom stereocenters. The molecule has 2 nitrogen and oxygen atoms in total. The Labute approximate surface area is 87.4 Å². The molecule has 1 saturated heterocycles. The van der Waals surface area contributed by atoms with Crippen LogP contribution in [0.2, 0.25) is 0 Å². The molecule has 0 aromatic rings. The SMILES string of the molecule is CCCC1CCC2(CC(C)NO2)C1C. The number of nitrogens with one attached hydrogen (secondary N) is 1. The van der Waals surface area contributed by atoms with E-state index < -0.39 is 0 Å². The second kappa shape index (κ2) is 3.82. The van der Waals surface area contributed by atoms with Gasteiger partial charge < -0.3 is 0 Å². The summed E-state index contributed by atoms with van der Waals surface area (Å²) in [5.41, 5.74) is 3.33. The summed E-state index contributed by atoms with van der Waals surface area (Å²) in [6.07, 6.45) is 6.52. The molecule has 1 aliphatic heterocycles. The van der Waals surface area contributed by atoms with E-state index in [1.54, 1.807) is 0 Å². The molecule has 2 fully saturated rings. The Hall–Kier alpha value is -0.0800. The third-order valence-electron chi connectivity index (χ3n) is 4.25. The summed E-state index contributed by atoms with van der Waals surface area (Å²) in [6, 6.07) is 0.540. The van der Waals surface area contributed by atoms with E-state index in [0.29, 0.717) is 6.04 Å². The van der Waals surface area contributed by atoms with Gasteiger partial charge in [0, 0.05) is 6.04 Å². The fraction of sp³-hybridized carbons (Fsp3) is 1.00. The molecule has 0 bridgehead atoms. The van der Waals surface area contributed by atoms with E-state index in [-0.39, 0.29) is 5.60 Å². The molecule has 0 aromatic carbocycles. The molecular formula is C12H23NO.